The Morgan fingerprint density at radius 2 is 2.03 bits per heavy atom. The van der Waals surface area contributed by atoms with Crippen molar-refractivity contribution in [3.8, 4) is 6.07 Å². The summed E-state index contributed by atoms with van der Waals surface area (Å²) in [5, 5.41) is 23.8. The lowest BCUT2D eigenvalue weighted by atomic mass is 9.84. The van der Waals surface area contributed by atoms with Crippen LogP contribution in [0.25, 0.3) is 5.57 Å². The number of piperidine rings is 1. The minimum Gasteiger partial charge on any atom is -0.494 e. The number of nitrogens with two attached hydrogens (primary N) is 1. The lowest BCUT2D eigenvalue weighted by Gasteiger charge is -2.32. The van der Waals surface area contributed by atoms with Crippen LogP contribution in [0.4, 0.5) is 4.79 Å². The van der Waals surface area contributed by atoms with Crippen LogP contribution >= 0.6 is 11.3 Å². The number of nitriles is 1. The van der Waals surface area contributed by atoms with E-state index in [0.717, 1.165) is 60.1 Å². The molecule has 190 valence electrons. The lowest BCUT2D eigenvalue weighted by molar-refractivity contribution is 0.129. The zero-order valence-electron chi connectivity index (χ0n) is 20.9. The van der Waals surface area contributed by atoms with Crippen LogP contribution in [-0.2, 0) is 4.74 Å². The maximum atomic E-state index is 12.9. The van der Waals surface area contributed by atoms with E-state index in [9.17, 15) is 10.1 Å². The molecule has 3 aliphatic carbocycles. The molecule has 1 saturated heterocycles. The van der Waals surface area contributed by atoms with Gasteiger partial charge in [0.25, 0.3) is 0 Å². The Bertz CT molecular complexity index is 1150. The van der Waals surface area contributed by atoms with Crippen molar-refractivity contribution < 1.29 is 9.53 Å². The molecule has 8 nitrogen and oxygen atoms in total. The molecule has 0 bridgehead atoms. The van der Waals surface area contributed by atoms with Gasteiger partial charge in [0, 0.05) is 25.0 Å². The summed E-state index contributed by atoms with van der Waals surface area (Å²) in [4.78, 5) is 14.8. The number of fused-ring (bicyclic) bond motifs is 1. The number of aromatic nitrogens is 2. The number of nitrogens with one attached hydrogen (secondary N) is 1. The van der Waals surface area contributed by atoms with Gasteiger partial charge in [0.05, 0.1) is 18.2 Å². The first-order chi connectivity index (χ1) is 17.4. The molecule has 0 spiro atoms. The number of ether oxygens (including phenoxy) is 1. The van der Waals surface area contributed by atoms with Gasteiger partial charge in [-0.05, 0) is 69.1 Å². The number of allylic oxidation sites excluding steroid dienone is 7. The number of likely N-dealkylation sites (tertiary alicyclic amines) is 1. The number of rotatable bonds is 5. The van der Waals surface area contributed by atoms with Crippen LogP contribution < -0.4 is 11.1 Å². The van der Waals surface area contributed by atoms with Gasteiger partial charge in [-0.2, -0.15) is 5.26 Å². The van der Waals surface area contributed by atoms with E-state index >= 15 is 0 Å². The average Bonchev–Trinajstić information content (AvgIpc) is 3.52. The molecule has 5 rings (SSSR count). The average molecular weight is 507 g/mol. The lowest BCUT2D eigenvalue weighted by Crippen LogP contribution is -2.49. The number of urea groups is 1. The number of hydrogen-bond acceptors (Lipinski definition) is 7. The highest BCUT2D eigenvalue weighted by Gasteiger charge is 2.39. The second-order valence-corrected chi connectivity index (χ2v) is 11.4. The highest BCUT2D eigenvalue weighted by atomic mass is 32.1. The maximum Gasteiger partial charge on any atom is 0.317 e. The SMILES string of the molecule is CC(C)OC1=CC=C(c2nnc(C3C=CC=C4C(NC(=O)N5CCC(N)CC5)CCC43)s2)CC1C#N. The van der Waals surface area contributed by atoms with Gasteiger partial charge in [-0.1, -0.05) is 35.6 Å². The summed E-state index contributed by atoms with van der Waals surface area (Å²) in [6, 6.07) is 2.64. The Morgan fingerprint density at radius 3 is 2.78 bits per heavy atom. The molecular formula is C27H34N6O2S. The molecule has 1 aliphatic heterocycles. The Labute approximate surface area is 216 Å². The predicted molar refractivity (Wildman–Crippen MR) is 140 cm³/mol. The topological polar surface area (TPSA) is 117 Å². The highest BCUT2D eigenvalue weighted by molar-refractivity contribution is 7.12. The minimum absolute atomic E-state index is 0.0166. The molecule has 2 heterocycles. The number of nitrogens with zero attached hydrogens (tertiary/aromatic N) is 4. The Balaban J connectivity index is 1.26. The molecule has 4 unspecified atom stereocenters. The molecule has 36 heavy (non-hydrogen) atoms. The molecular weight excluding hydrogens is 472 g/mol. The van der Waals surface area contributed by atoms with Crippen LogP contribution in [0.5, 0.6) is 0 Å². The fraction of sp³-hybridized carbons (Fsp3) is 0.556. The first-order valence-corrected chi connectivity index (χ1v) is 13.7. The van der Waals surface area contributed by atoms with Gasteiger partial charge in [0.2, 0.25) is 0 Å². The monoisotopic (exact) mass is 506 g/mol. The van der Waals surface area contributed by atoms with E-state index in [4.69, 9.17) is 10.5 Å². The predicted octanol–water partition coefficient (Wildman–Crippen LogP) is 4.26. The molecule has 9 heteroatoms. The van der Waals surface area contributed by atoms with Crippen molar-refractivity contribution in [3.63, 3.8) is 0 Å². The van der Waals surface area contributed by atoms with Crippen LogP contribution in [0.15, 0.2) is 41.7 Å². The zero-order valence-corrected chi connectivity index (χ0v) is 21.7. The van der Waals surface area contributed by atoms with E-state index in [1.165, 1.54) is 5.57 Å². The standard InChI is InChI=1S/C27H34N6O2S/c1-16(2)35-24-9-6-17(14-18(24)15-28)25-31-32-26(36-25)22-5-3-4-21-20(22)7-8-23(21)30-27(34)33-12-10-19(29)11-13-33/h3-6,9,16,18-20,22-23H,7-8,10-14,29H2,1-2H3,(H,30,34). The molecule has 4 atom stereocenters. The van der Waals surface area contributed by atoms with Gasteiger partial charge < -0.3 is 20.7 Å². The summed E-state index contributed by atoms with van der Waals surface area (Å²) >= 11 is 1.60. The summed E-state index contributed by atoms with van der Waals surface area (Å²) in [5.41, 5.74) is 8.30. The largest absolute Gasteiger partial charge is 0.494 e. The minimum atomic E-state index is -0.307. The second kappa shape index (κ2) is 10.6. The first-order valence-electron chi connectivity index (χ1n) is 12.9. The third-order valence-electron chi connectivity index (χ3n) is 7.51. The Hall–Kier alpha value is -2.96. The molecule has 3 N–H and O–H groups in total. The first kappa shape index (κ1) is 24.7. The molecule has 4 aliphatic rings. The van der Waals surface area contributed by atoms with Crippen LogP contribution in [0.1, 0.15) is 61.9 Å². The zero-order chi connectivity index (χ0) is 25.2. The van der Waals surface area contributed by atoms with Crippen LogP contribution in [0.3, 0.4) is 0 Å². The van der Waals surface area contributed by atoms with Gasteiger partial charge in [-0.3, -0.25) is 0 Å². The number of carbonyl (C=O) groups is 1. The Kier molecular flexibility index (Phi) is 7.26. The van der Waals surface area contributed by atoms with Crippen molar-refractivity contribution in [1.29, 1.82) is 5.26 Å². The van der Waals surface area contributed by atoms with E-state index in [1.807, 2.05) is 30.9 Å². The molecule has 2 fully saturated rings. The van der Waals surface area contributed by atoms with Crippen LogP contribution in [-0.4, -0.2) is 52.4 Å². The van der Waals surface area contributed by atoms with Gasteiger partial charge in [0.15, 0.2) is 0 Å². The Morgan fingerprint density at radius 1 is 1.22 bits per heavy atom. The van der Waals surface area contributed by atoms with Crippen molar-refractivity contribution in [2.45, 2.75) is 70.1 Å². The third-order valence-corrected chi connectivity index (χ3v) is 8.61. The molecule has 0 aromatic carbocycles. The van der Waals surface area contributed by atoms with E-state index in [2.05, 4.69) is 39.8 Å². The van der Waals surface area contributed by atoms with Crippen molar-refractivity contribution in [2.75, 3.05) is 13.1 Å². The smallest absolute Gasteiger partial charge is 0.317 e. The van der Waals surface area contributed by atoms with E-state index in [-0.39, 0.29) is 36.1 Å². The summed E-state index contributed by atoms with van der Waals surface area (Å²) in [7, 11) is 0. The van der Waals surface area contributed by atoms with Gasteiger partial charge in [-0.15, -0.1) is 10.2 Å². The van der Waals surface area contributed by atoms with Crippen molar-refractivity contribution >= 4 is 22.9 Å². The summed E-state index contributed by atoms with van der Waals surface area (Å²) < 4.78 is 5.81. The third kappa shape index (κ3) is 5.11. The van der Waals surface area contributed by atoms with Gasteiger partial charge >= 0.3 is 6.03 Å². The molecule has 1 aromatic rings. The molecule has 1 saturated carbocycles. The van der Waals surface area contributed by atoms with Gasteiger partial charge in [0.1, 0.15) is 21.7 Å². The number of amides is 2. The van der Waals surface area contributed by atoms with Crippen LogP contribution in [0.2, 0.25) is 0 Å². The number of hydrogen-bond donors (Lipinski definition) is 2. The fourth-order valence-corrected chi connectivity index (χ4v) is 6.61. The van der Waals surface area contributed by atoms with E-state index in [1.54, 1.807) is 11.3 Å². The molecule has 2 amide bonds. The quantitative estimate of drug-likeness (QED) is 0.616. The summed E-state index contributed by atoms with van der Waals surface area (Å²) in [6.45, 7) is 5.38. The van der Waals surface area contributed by atoms with Gasteiger partial charge in [-0.25, -0.2) is 4.79 Å². The van der Waals surface area contributed by atoms with Crippen LogP contribution in [0, 0.1) is 23.2 Å². The van der Waals surface area contributed by atoms with Crippen molar-refractivity contribution in [1.82, 2.24) is 20.4 Å². The highest BCUT2D eigenvalue weighted by Crippen LogP contribution is 2.46. The normalized spacial score (nSPS) is 28.2. The molecule has 1 aromatic heterocycles. The summed E-state index contributed by atoms with van der Waals surface area (Å²) in [6.07, 6.45) is 14.6. The fourth-order valence-electron chi connectivity index (χ4n) is 5.59. The van der Waals surface area contributed by atoms with E-state index < -0.39 is 0 Å². The maximum absolute atomic E-state index is 12.9. The second-order valence-electron chi connectivity index (χ2n) is 10.3. The molecule has 0 radical (unpaired) electrons. The van der Waals surface area contributed by atoms with Crippen molar-refractivity contribution in [2.24, 2.45) is 17.6 Å². The van der Waals surface area contributed by atoms with E-state index in [0.29, 0.717) is 12.3 Å². The number of carbonyl (C=O) groups excluding carboxylic acids is 1. The van der Waals surface area contributed by atoms with Crippen molar-refractivity contribution in [3.05, 3.63) is 51.7 Å². The summed E-state index contributed by atoms with van der Waals surface area (Å²) in [5.74, 6) is 0.877.